The molecule has 0 unspecified atom stereocenters. The summed E-state index contributed by atoms with van der Waals surface area (Å²) in [7, 11) is 3.49. The molecule has 8 heteroatoms. The first kappa shape index (κ1) is 23.5. The van der Waals surface area contributed by atoms with Crippen LogP contribution in [0.25, 0.3) is 0 Å². The SMILES string of the molecule is CN(C)C(=O)CNC(=NCc1ccccc1OCC1CC1)NCc1cccs1.I. The maximum Gasteiger partial charge on any atom is 0.241 e. The van der Waals surface area contributed by atoms with E-state index < -0.39 is 0 Å². The van der Waals surface area contributed by atoms with Gasteiger partial charge < -0.3 is 20.3 Å². The van der Waals surface area contributed by atoms with Crippen molar-refractivity contribution < 1.29 is 9.53 Å². The van der Waals surface area contributed by atoms with Gasteiger partial charge in [-0.1, -0.05) is 24.3 Å². The quantitative estimate of drug-likeness (QED) is 0.297. The summed E-state index contributed by atoms with van der Waals surface area (Å²) in [4.78, 5) is 19.4. The maximum atomic E-state index is 11.9. The van der Waals surface area contributed by atoms with Crippen molar-refractivity contribution in [2.75, 3.05) is 27.2 Å². The zero-order valence-corrected chi connectivity index (χ0v) is 20.0. The molecule has 2 aromatic rings. The molecule has 3 rings (SSSR count). The third-order valence-corrected chi connectivity index (χ3v) is 5.34. The minimum absolute atomic E-state index is 0. The van der Waals surface area contributed by atoms with Gasteiger partial charge in [-0.15, -0.1) is 35.3 Å². The standard InChI is InChI=1S/C21H28N4O2S.HI/c1-25(2)20(26)14-24-21(23-13-18-7-5-11-28-18)22-12-17-6-3-4-8-19(17)27-15-16-9-10-16;/h3-8,11,16H,9-10,12-15H2,1-2H3,(H2,22,23,24);1H. The van der Waals surface area contributed by atoms with Gasteiger partial charge in [0, 0.05) is 24.5 Å². The van der Waals surface area contributed by atoms with E-state index in [9.17, 15) is 4.79 Å². The van der Waals surface area contributed by atoms with E-state index in [1.807, 2.05) is 35.7 Å². The van der Waals surface area contributed by atoms with Crippen molar-refractivity contribution in [1.82, 2.24) is 15.5 Å². The largest absolute Gasteiger partial charge is 0.493 e. The molecule has 0 radical (unpaired) electrons. The van der Waals surface area contributed by atoms with Gasteiger partial charge in [-0.2, -0.15) is 0 Å². The number of hydrogen-bond acceptors (Lipinski definition) is 4. The Morgan fingerprint density at radius 1 is 1.21 bits per heavy atom. The number of carbonyl (C=O) groups is 1. The summed E-state index contributed by atoms with van der Waals surface area (Å²) in [6.45, 7) is 2.12. The van der Waals surface area contributed by atoms with E-state index in [0.29, 0.717) is 25.0 Å². The highest BCUT2D eigenvalue weighted by Crippen LogP contribution is 2.30. The van der Waals surface area contributed by atoms with Crippen molar-refractivity contribution in [3.8, 4) is 5.75 Å². The van der Waals surface area contributed by atoms with Gasteiger partial charge in [-0.3, -0.25) is 4.79 Å². The summed E-state index contributed by atoms with van der Waals surface area (Å²) in [5.41, 5.74) is 1.04. The van der Waals surface area contributed by atoms with E-state index >= 15 is 0 Å². The first-order valence-corrected chi connectivity index (χ1v) is 10.4. The van der Waals surface area contributed by atoms with Crippen LogP contribution in [0.5, 0.6) is 5.75 Å². The Balaban J connectivity index is 0.00000300. The molecule has 1 saturated carbocycles. The summed E-state index contributed by atoms with van der Waals surface area (Å²) in [6, 6.07) is 12.1. The molecule has 29 heavy (non-hydrogen) atoms. The lowest BCUT2D eigenvalue weighted by molar-refractivity contribution is -0.127. The fourth-order valence-electron chi connectivity index (χ4n) is 2.51. The van der Waals surface area contributed by atoms with Crippen molar-refractivity contribution in [1.29, 1.82) is 0 Å². The van der Waals surface area contributed by atoms with Crippen LogP contribution in [0.3, 0.4) is 0 Å². The number of nitrogens with zero attached hydrogens (tertiary/aromatic N) is 2. The van der Waals surface area contributed by atoms with E-state index in [1.54, 1.807) is 30.3 Å². The Morgan fingerprint density at radius 3 is 2.69 bits per heavy atom. The molecule has 1 aromatic heterocycles. The number of hydrogen-bond donors (Lipinski definition) is 2. The van der Waals surface area contributed by atoms with Gasteiger partial charge >= 0.3 is 0 Å². The van der Waals surface area contributed by atoms with E-state index in [0.717, 1.165) is 17.9 Å². The van der Waals surface area contributed by atoms with E-state index in [-0.39, 0.29) is 36.4 Å². The minimum Gasteiger partial charge on any atom is -0.493 e. The summed E-state index contributed by atoms with van der Waals surface area (Å²) < 4.78 is 5.97. The number of halogens is 1. The Kier molecular flexibility index (Phi) is 9.72. The van der Waals surface area contributed by atoms with Crippen molar-refractivity contribution in [3.05, 3.63) is 52.2 Å². The highest BCUT2D eigenvalue weighted by molar-refractivity contribution is 14.0. The van der Waals surface area contributed by atoms with Crippen molar-refractivity contribution in [3.63, 3.8) is 0 Å². The number of likely N-dealkylation sites (N-methyl/N-ethyl adjacent to an activating group) is 1. The number of para-hydroxylation sites is 1. The van der Waals surface area contributed by atoms with Crippen molar-refractivity contribution in [2.45, 2.75) is 25.9 Å². The minimum atomic E-state index is -0.00112. The van der Waals surface area contributed by atoms with Crippen LogP contribution in [-0.2, 0) is 17.9 Å². The Bertz CT molecular complexity index is 792. The monoisotopic (exact) mass is 528 g/mol. The summed E-state index contributed by atoms with van der Waals surface area (Å²) in [6.07, 6.45) is 2.53. The molecule has 6 nitrogen and oxygen atoms in total. The van der Waals surface area contributed by atoms with Crippen LogP contribution in [0.1, 0.15) is 23.3 Å². The second-order valence-corrected chi connectivity index (χ2v) is 8.13. The normalized spacial score (nSPS) is 13.4. The van der Waals surface area contributed by atoms with E-state index in [4.69, 9.17) is 4.74 Å². The van der Waals surface area contributed by atoms with Gasteiger partial charge in [0.15, 0.2) is 5.96 Å². The van der Waals surface area contributed by atoms with Gasteiger partial charge in [0.1, 0.15) is 5.75 Å². The predicted octanol–water partition coefficient (Wildman–Crippen LogP) is 3.48. The van der Waals surface area contributed by atoms with Gasteiger partial charge in [0.2, 0.25) is 5.91 Å². The molecule has 158 valence electrons. The zero-order chi connectivity index (χ0) is 19.8. The van der Waals surface area contributed by atoms with Gasteiger partial charge in [0.25, 0.3) is 0 Å². The smallest absolute Gasteiger partial charge is 0.241 e. The van der Waals surface area contributed by atoms with Gasteiger partial charge in [0.05, 0.1) is 26.2 Å². The first-order chi connectivity index (χ1) is 13.6. The van der Waals surface area contributed by atoms with Crippen LogP contribution in [0, 0.1) is 5.92 Å². The van der Waals surface area contributed by atoms with Crippen LogP contribution < -0.4 is 15.4 Å². The Morgan fingerprint density at radius 2 is 2.00 bits per heavy atom. The molecule has 2 N–H and O–H groups in total. The highest BCUT2D eigenvalue weighted by Gasteiger charge is 2.22. The third-order valence-electron chi connectivity index (χ3n) is 4.47. The molecule has 1 heterocycles. The Labute approximate surface area is 193 Å². The number of carbonyl (C=O) groups excluding carboxylic acids is 1. The number of thiophene rings is 1. The molecule has 1 aromatic carbocycles. The topological polar surface area (TPSA) is 66.0 Å². The average Bonchev–Trinajstić information content (AvgIpc) is 3.38. The van der Waals surface area contributed by atoms with Crippen LogP contribution in [0.2, 0.25) is 0 Å². The fraction of sp³-hybridized carbons (Fsp3) is 0.429. The molecule has 0 atom stereocenters. The molecular weight excluding hydrogens is 499 g/mol. The first-order valence-electron chi connectivity index (χ1n) is 9.57. The lowest BCUT2D eigenvalue weighted by Crippen LogP contribution is -2.42. The lowest BCUT2D eigenvalue weighted by Gasteiger charge is -2.15. The van der Waals surface area contributed by atoms with Crippen LogP contribution in [-0.4, -0.2) is 44.0 Å². The van der Waals surface area contributed by atoms with Crippen LogP contribution in [0.4, 0.5) is 0 Å². The zero-order valence-electron chi connectivity index (χ0n) is 16.9. The maximum absolute atomic E-state index is 11.9. The van der Waals surface area contributed by atoms with Gasteiger partial charge in [-0.25, -0.2) is 4.99 Å². The number of rotatable bonds is 9. The summed E-state index contributed by atoms with van der Waals surface area (Å²) in [5, 5.41) is 8.47. The fourth-order valence-corrected chi connectivity index (χ4v) is 3.15. The Hall–Kier alpha value is -1.81. The molecule has 0 spiro atoms. The molecular formula is C21H29IN4O2S. The molecule has 0 bridgehead atoms. The molecule has 0 aliphatic heterocycles. The number of benzene rings is 1. The second-order valence-electron chi connectivity index (χ2n) is 7.10. The molecule has 0 saturated heterocycles. The lowest BCUT2D eigenvalue weighted by atomic mass is 10.2. The van der Waals surface area contributed by atoms with Crippen LogP contribution in [0.15, 0.2) is 46.8 Å². The van der Waals surface area contributed by atoms with Crippen molar-refractivity contribution >= 4 is 47.2 Å². The van der Waals surface area contributed by atoms with E-state index in [1.165, 1.54) is 17.7 Å². The van der Waals surface area contributed by atoms with Gasteiger partial charge in [-0.05, 0) is 36.3 Å². The van der Waals surface area contributed by atoms with Crippen molar-refractivity contribution in [2.24, 2.45) is 10.9 Å². The number of ether oxygens (including phenoxy) is 1. The number of guanidine groups is 1. The molecule has 1 aliphatic rings. The van der Waals surface area contributed by atoms with Crippen LogP contribution >= 0.6 is 35.3 Å². The second kappa shape index (κ2) is 12.0. The molecule has 1 fully saturated rings. The molecule has 1 amide bonds. The number of aliphatic imine (C=N–C) groups is 1. The average molecular weight is 528 g/mol. The molecule has 1 aliphatic carbocycles. The predicted molar refractivity (Wildman–Crippen MR) is 129 cm³/mol. The number of nitrogens with one attached hydrogen (secondary N) is 2. The van der Waals surface area contributed by atoms with E-state index in [2.05, 4.69) is 21.7 Å². The highest BCUT2D eigenvalue weighted by atomic mass is 127. The third kappa shape index (κ3) is 8.22. The number of amides is 1. The summed E-state index contributed by atoms with van der Waals surface area (Å²) in [5.74, 6) is 2.21. The summed E-state index contributed by atoms with van der Waals surface area (Å²) >= 11 is 1.69.